The van der Waals surface area contributed by atoms with Crippen molar-refractivity contribution in [2.24, 2.45) is 5.92 Å². The summed E-state index contributed by atoms with van der Waals surface area (Å²) >= 11 is 0. The van der Waals surface area contributed by atoms with Crippen LogP contribution in [0.1, 0.15) is 37.7 Å². The Labute approximate surface area is 117 Å². The van der Waals surface area contributed by atoms with Crippen LogP contribution in [-0.2, 0) is 6.42 Å². The third kappa shape index (κ3) is 2.79. The standard InChI is InChI=1S/C17H26N2/c1-18-16-10-4-2-8-15(16)13-19-12-6-9-14-7-3-5-11-17(14)19/h3,5,7,11,15-16,18H,2,4,6,8-10,12-13H2,1H3. The molecule has 104 valence electrons. The topological polar surface area (TPSA) is 15.3 Å². The maximum Gasteiger partial charge on any atom is 0.0398 e. The molecule has 2 atom stereocenters. The number of para-hydroxylation sites is 1. The normalized spacial score (nSPS) is 27.1. The minimum atomic E-state index is 0.725. The Morgan fingerprint density at radius 1 is 1.16 bits per heavy atom. The van der Waals surface area contributed by atoms with Gasteiger partial charge in [-0.05, 0) is 50.3 Å². The third-order valence-corrected chi connectivity index (χ3v) is 4.94. The molecule has 0 bridgehead atoms. The molecule has 1 N–H and O–H groups in total. The first-order valence-corrected chi connectivity index (χ1v) is 7.88. The quantitative estimate of drug-likeness (QED) is 0.895. The van der Waals surface area contributed by atoms with E-state index in [2.05, 4.69) is 41.5 Å². The van der Waals surface area contributed by atoms with Crippen LogP contribution in [0, 0.1) is 5.92 Å². The van der Waals surface area contributed by atoms with Crippen molar-refractivity contribution in [1.29, 1.82) is 0 Å². The smallest absolute Gasteiger partial charge is 0.0398 e. The van der Waals surface area contributed by atoms with Crippen LogP contribution in [0.25, 0.3) is 0 Å². The maximum absolute atomic E-state index is 3.54. The van der Waals surface area contributed by atoms with Crippen molar-refractivity contribution in [1.82, 2.24) is 5.32 Å². The molecule has 0 spiro atoms. The predicted molar refractivity (Wildman–Crippen MR) is 81.8 cm³/mol. The summed E-state index contributed by atoms with van der Waals surface area (Å²) in [6, 6.07) is 9.71. The molecule has 19 heavy (non-hydrogen) atoms. The molecular weight excluding hydrogens is 232 g/mol. The number of rotatable bonds is 3. The number of fused-ring (bicyclic) bond motifs is 1. The second-order valence-electron chi connectivity index (χ2n) is 6.12. The second kappa shape index (κ2) is 5.96. The molecule has 1 aliphatic heterocycles. The molecular formula is C17H26N2. The number of hydrogen-bond acceptors (Lipinski definition) is 2. The van der Waals surface area contributed by atoms with Crippen LogP contribution in [0.5, 0.6) is 0 Å². The van der Waals surface area contributed by atoms with Gasteiger partial charge in [-0.15, -0.1) is 0 Å². The minimum Gasteiger partial charge on any atom is -0.371 e. The Kier molecular flexibility index (Phi) is 4.07. The van der Waals surface area contributed by atoms with Crippen molar-refractivity contribution in [3.8, 4) is 0 Å². The minimum absolute atomic E-state index is 0.725. The first-order valence-electron chi connectivity index (χ1n) is 7.88. The molecule has 1 saturated carbocycles. The predicted octanol–water partition coefficient (Wildman–Crippen LogP) is 3.22. The van der Waals surface area contributed by atoms with Crippen LogP contribution in [0.3, 0.4) is 0 Å². The van der Waals surface area contributed by atoms with Gasteiger partial charge in [0.25, 0.3) is 0 Å². The lowest BCUT2D eigenvalue weighted by Crippen LogP contribution is -2.44. The highest BCUT2D eigenvalue weighted by molar-refractivity contribution is 5.55. The van der Waals surface area contributed by atoms with Gasteiger partial charge in [0.1, 0.15) is 0 Å². The maximum atomic E-state index is 3.54. The van der Waals surface area contributed by atoms with Crippen LogP contribution >= 0.6 is 0 Å². The van der Waals surface area contributed by atoms with Crippen LogP contribution < -0.4 is 10.2 Å². The number of benzene rings is 1. The summed E-state index contributed by atoms with van der Waals surface area (Å²) in [6.45, 7) is 2.48. The fourth-order valence-corrected chi connectivity index (χ4v) is 3.89. The molecule has 0 amide bonds. The van der Waals surface area contributed by atoms with E-state index in [0.717, 1.165) is 12.0 Å². The highest BCUT2D eigenvalue weighted by Crippen LogP contribution is 2.31. The summed E-state index contributed by atoms with van der Waals surface area (Å²) in [6.07, 6.45) is 8.14. The van der Waals surface area contributed by atoms with Gasteiger partial charge in [-0.25, -0.2) is 0 Å². The van der Waals surface area contributed by atoms with Crippen molar-refractivity contribution >= 4 is 5.69 Å². The van der Waals surface area contributed by atoms with E-state index in [1.165, 1.54) is 57.3 Å². The lowest BCUT2D eigenvalue weighted by molar-refractivity contribution is 0.275. The van der Waals surface area contributed by atoms with Crippen molar-refractivity contribution in [2.75, 3.05) is 25.0 Å². The van der Waals surface area contributed by atoms with Crippen LogP contribution in [-0.4, -0.2) is 26.2 Å². The Morgan fingerprint density at radius 2 is 2.00 bits per heavy atom. The van der Waals surface area contributed by atoms with Gasteiger partial charge in [0, 0.05) is 24.8 Å². The molecule has 0 saturated heterocycles. The second-order valence-corrected chi connectivity index (χ2v) is 6.12. The molecule has 1 aromatic rings. The van der Waals surface area contributed by atoms with Crippen molar-refractivity contribution in [3.05, 3.63) is 29.8 Å². The summed E-state index contributed by atoms with van der Waals surface area (Å²) in [7, 11) is 2.13. The van der Waals surface area contributed by atoms with E-state index >= 15 is 0 Å². The molecule has 0 radical (unpaired) electrons. The SMILES string of the molecule is CNC1CCCCC1CN1CCCc2ccccc21. The van der Waals surface area contributed by atoms with E-state index in [1.54, 1.807) is 5.56 Å². The summed E-state index contributed by atoms with van der Waals surface area (Å²) in [5.74, 6) is 0.824. The molecule has 2 aliphatic rings. The average Bonchev–Trinajstić information content (AvgIpc) is 2.48. The van der Waals surface area contributed by atoms with E-state index in [9.17, 15) is 0 Å². The number of aryl methyl sites for hydroxylation is 1. The molecule has 1 heterocycles. The number of hydrogen-bond donors (Lipinski definition) is 1. The van der Waals surface area contributed by atoms with Crippen molar-refractivity contribution in [2.45, 2.75) is 44.6 Å². The molecule has 3 rings (SSSR count). The van der Waals surface area contributed by atoms with Gasteiger partial charge in [-0.1, -0.05) is 31.0 Å². The first-order chi connectivity index (χ1) is 9.38. The van der Waals surface area contributed by atoms with Gasteiger partial charge >= 0.3 is 0 Å². The number of nitrogens with one attached hydrogen (secondary N) is 1. The molecule has 1 aromatic carbocycles. The zero-order valence-corrected chi connectivity index (χ0v) is 12.1. The van der Waals surface area contributed by atoms with E-state index < -0.39 is 0 Å². The molecule has 1 fully saturated rings. The largest absolute Gasteiger partial charge is 0.371 e. The first kappa shape index (κ1) is 13.0. The van der Waals surface area contributed by atoms with Gasteiger partial charge in [-0.2, -0.15) is 0 Å². The highest BCUT2D eigenvalue weighted by Gasteiger charge is 2.27. The zero-order chi connectivity index (χ0) is 13.1. The Balaban J connectivity index is 1.73. The average molecular weight is 258 g/mol. The van der Waals surface area contributed by atoms with E-state index in [4.69, 9.17) is 0 Å². The summed E-state index contributed by atoms with van der Waals surface area (Å²) in [5.41, 5.74) is 3.04. The molecule has 1 aliphatic carbocycles. The fraction of sp³-hybridized carbons (Fsp3) is 0.647. The van der Waals surface area contributed by atoms with Crippen LogP contribution in [0.2, 0.25) is 0 Å². The Hall–Kier alpha value is -1.02. The summed E-state index contributed by atoms with van der Waals surface area (Å²) in [4.78, 5) is 2.64. The number of nitrogens with zero attached hydrogens (tertiary/aromatic N) is 1. The molecule has 2 heteroatoms. The number of anilines is 1. The van der Waals surface area contributed by atoms with Gasteiger partial charge in [0.05, 0.1) is 0 Å². The van der Waals surface area contributed by atoms with Gasteiger partial charge in [0.15, 0.2) is 0 Å². The molecule has 2 unspecified atom stereocenters. The lowest BCUT2D eigenvalue weighted by atomic mass is 9.83. The lowest BCUT2D eigenvalue weighted by Gasteiger charge is -2.38. The Morgan fingerprint density at radius 3 is 2.89 bits per heavy atom. The van der Waals surface area contributed by atoms with Crippen molar-refractivity contribution < 1.29 is 0 Å². The van der Waals surface area contributed by atoms with E-state index in [-0.39, 0.29) is 0 Å². The monoisotopic (exact) mass is 258 g/mol. The van der Waals surface area contributed by atoms with Gasteiger partial charge in [0.2, 0.25) is 0 Å². The van der Waals surface area contributed by atoms with Crippen LogP contribution in [0.4, 0.5) is 5.69 Å². The Bertz CT molecular complexity index is 415. The molecule has 0 aromatic heterocycles. The van der Waals surface area contributed by atoms with E-state index in [0.29, 0.717) is 0 Å². The highest BCUT2D eigenvalue weighted by atomic mass is 15.1. The summed E-state index contributed by atoms with van der Waals surface area (Å²) < 4.78 is 0. The fourth-order valence-electron chi connectivity index (χ4n) is 3.89. The van der Waals surface area contributed by atoms with Gasteiger partial charge < -0.3 is 10.2 Å². The summed E-state index contributed by atoms with van der Waals surface area (Å²) in [5, 5.41) is 3.54. The van der Waals surface area contributed by atoms with E-state index in [1.807, 2.05) is 0 Å². The van der Waals surface area contributed by atoms with Crippen molar-refractivity contribution in [3.63, 3.8) is 0 Å². The van der Waals surface area contributed by atoms with Gasteiger partial charge in [-0.3, -0.25) is 0 Å². The molecule has 2 nitrogen and oxygen atoms in total. The van der Waals surface area contributed by atoms with Crippen LogP contribution in [0.15, 0.2) is 24.3 Å². The third-order valence-electron chi connectivity index (χ3n) is 4.94. The zero-order valence-electron chi connectivity index (χ0n) is 12.1.